The molecule has 25 nitrogen and oxygen atoms in total. The van der Waals surface area contributed by atoms with Crippen LogP contribution in [-0.2, 0) is 59.2 Å². The van der Waals surface area contributed by atoms with Crippen molar-refractivity contribution in [2.75, 3.05) is 31.7 Å². The molecule has 0 radical (unpaired) electrons. The summed E-state index contributed by atoms with van der Waals surface area (Å²) in [5, 5.41) is 39.6. The number of aliphatic hydroxyl groups is 1. The molecule has 2 aromatic rings. The van der Waals surface area contributed by atoms with Crippen LogP contribution >= 0.6 is 11.8 Å². The zero-order valence-electron chi connectivity index (χ0n) is 44.5. The first-order valence-electron chi connectivity index (χ1n) is 25.4. The Morgan fingerprint density at radius 3 is 1.93 bits per heavy atom. The van der Waals surface area contributed by atoms with Gasteiger partial charge in [-0.15, -0.1) is 0 Å². The average molecular weight is 1090 g/mol. The molecule has 1 saturated heterocycles. The van der Waals surface area contributed by atoms with E-state index in [1.165, 1.54) is 23.6 Å². The summed E-state index contributed by atoms with van der Waals surface area (Å²) in [6.45, 7) is 10.6. The monoisotopic (exact) mass is 1090 g/mol. The molecular weight excluding hydrogens is 1010 g/mol. The molecule has 26 heteroatoms. The number of carbonyl (C=O) groups is 11. The summed E-state index contributed by atoms with van der Waals surface area (Å²) < 4.78 is 0. The van der Waals surface area contributed by atoms with Gasteiger partial charge in [0.2, 0.25) is 59.1 Å². The number of aromatic nitrogens is 1. The number of amides is 10. The molecule has 10 amide bonds. The maximum absolute atomic E-state index is 14.3. The highest BCUT2D eigenvalue weighted by Gasteiger charge is 2.38. The quantitative estimate of drug-likeness (QED) is 0.0389. The van der Waals surface area contributed by atoms with Gasteiger partial charge in [0, 0.05) is 30.1 Å². The number of fused-ring (bicyclic) bond motifs is 1. The summed E-state index contributed by atoms with van der Waals surface area (Å²) in [4.78, 5) is 150. The van der Waals surface area contributed by atoms with Crippen molar-refractivity contribution in [1.29, 1.82) is 0 Å². The number of carbonyl (C=O) groups excluding carboxylic acids is 10. The normalized spacial score (nSPS) is 16.5. The molecule has 1 aliphatic heterocycles. The maximum atomic E-state index is 14.3. The van der Waals surface area contributed by atoms with Crippen LogP contribution in [0, 0.1) is 17.8 Å². The summed E-state index contributed by atoms with van der Waals surface area (Å²) in [7, 11) is 0. The number of carboxylic acid groups (broad SMARTS) is 1. The zero-order valence-corrected chi connectivity index (χ0v) is 45.3. The summed E-state index contributed by atoms with van der Waals surface area (Å²) in [5.74, 6) is -9.52. The number of benzene rings is 1. The molecule has 1 aliphatic rings. The Morgan fingerprint density at radius 2 is 1.33 bits per heavy atom. The van der Waals surface area contributed by atoms with Gasteiger partial charge in [-0.1, -0.05) is 59.7 Å². The number of hydrogen-bond donors (Lipinski definition) is 13. The smallest absolute Gasteiger partial charge is 0.328 e. The number of nitrogens with one attached hydrogen (secondary N) is 9. The number of aromatic amines is 1. The Hall–Kier alpha value is -6.80. The van der Waals surface area contributed by atoms with E-state index in [4.69, 9.17) is 11.5 Å². The third-order valence-electron chi connectivity index (χ3n) is 12.5. The van der Waals surface area contributed by atoms with Crippen molar-refractivity contribution >= 4 is 87.7 Å². The lowest BCUT2D eigenvalue weighted by atomic mass is 9.99. The molecule has 0 bridgehead atoms. The van der Waals surface area contributed by atoms with E-state index in [2.05, 4.69) is 47.5 Å². The van der Waals surface area contributed by atoms with Crippen molar-refractivity contribution in [3.63, 3.8) is 0 Å². The Bertz CT molecular complexity index is 2380. The van der Waals surface area contributed by atoms with Crippen LogP contribution in [0.3, 0.4) is 0 Å². The van der Waals surface area contributed by atoms with Crippen molar-refractivity contribution in [1.82, 2.24) is 52.4 Å². The van der Waals surface area contributed by atoms with Crippen LogP contribution in [0.1, 0.15) is 92.6 Å². The minimum Gasteiger partial charge on any atom is -0.480 e. The van der Waals surface area contributed by atoms with Crippen molar-refractivity contribution in [2.45, 2.75) is 148 Å². The van der Waals surface area contributed by atoms with Crippen LogP contribution in [0.25, 0.3) is 10.9 Å². The lowest BCUT2D eigenvalue weighted by molar-refractivity contribution is -0.143. The van der Waals surface area contributed by atoms with Crippen molar-refractivity contribution in [3.8, 4) is 0 Å². The van der Waals surface area contributed by atoms with E-state index in [0.29, 0.717) is 24.2 Å². The van der Waals surface area contributed by atoms with Gasteiger partial charge in [0.05, 0.1) is 25.6 Å². The standard InChI is InChI=1S/C50H78N12O13S/c1-25(2)18-31(51)43(67)57-34(19-26(3)4)46(70)58-35(20-29-22-53-32-13-10-9-12-30(29)32)47(71)59-36(21-39(52)64)44(68)54-23-40(65)62-16-11-14-38(62)48(72)56-33(15-17-76-8)45(69)55-28(7)42(66)61-41(27(5)6)49(73)60-37(24-63)50(74)75/h9-10,12-13,22,25-28,31,33-38,41,53,63H,11,14-21,23-24,51H2,1-8H3,(H2,52,64)(H,54,68)(H,55,69)(H,56,72)(H,57,67)(H,58,70)(H,59,71)(H,60,73)(H,61,66)(H,74,75)/t28-,31-,33-,34-,35-,36-,37-,38-,41-/m0/s1. The summed E-state index contributed by atoms with van der Waals surface area (Å²) >= 11 is 1.38. The number of H-pyrrole nitrogens is 1. The van der Waals surface area contributed by atoms with Crippen molar-refractivity contribution in [3.05, 3.63) is 36.0 Å². The number of para-hydroxylation sites is 1. The fourth-order valence-corrected chi connectivity index (χ4v) is 8.89. The summed E-state index contributed by atoms with van der Waals surface area (Å²) in [6, 6.07) is -4.13. The minimum absolute atomic E-state index is 0.0776. The van der Waals surface area contributed by atoms with Gasteiger partial charge in [-0.05, 0) is 80.4 Å². The number of thioether (sulfide) groups is 1. The average Bonchev–Trinajstić information content (AvgIpc) is 4.01. The van der Waals surface area contributed by atoms with E-state index < -0.39 is 145 Å². The summed E-state index contributed by atoms with van der Waals surface area (Å²) in [5.41, 5.74) is 13.0. The number of nitrogens with zero attached hydrogens (tertiary/aromatic N) is 1. The predicted molar refractivity (Wildman–Crippen MR) is 282 cm³/mol. The van der Waals surface area contributed by atoms with Crippen LogP contribution in [0.15, 0.2) is 30.5 Å². The van der Waals surface area contributed by atoms with Crippen molar-refractivity contribution < 1.29 is 63.0 Å². The molecule has 0 saturated carbocycles. The molecule has 2 heterocycles. The second-order valence-electron chi connectivity index (χ2n) is 20.1. The SMILES string of the molecule is CSCC[C@H](NC(=O)[C@@H]1CCCN1C(=O)CNC(=O)[C@H](CC(N)=O)NC(=O)[C@H](Cc1c[nH]c2ccccc12)NC(=O)[C@H](CC(C)C)NC(=O)[C@@H](N)CC(C)C)C(=O)N[C@@H](C)C(=O)N[C@H](C(=O)N[C@@H](CO)C(=O)O)C(C)C. The second kappa shape index (κ2) is 30.7. The van der Waals surface area contributed by atoms with Gasteiger partial charge in [0.15, 0.2) is 0 Å². The fourth-order valence-electron chi connectivity index (χ4n) is 8.42. The number of aliphatic hydroxyl groups excluding tert-OH is 1. The van der Waals surface area contributed by atoms with Crippen LogP contribution < -0.4 is 54.0 Å². The molecule has 1 aromatic carbocycles. The van der Waals surface area contributed by atoms with Crippen LogP contribution in [-0.4, -0.2) is 171 Å². The zero-order chi connectivity index (χ0) is 57.0. The van der Waals surface area contributed by atoms with Gasteiger partial charge in [-0.25, -0.2) is 4.79 Å². The van der Waals surface area contributed by atoms with Gasteiger partial charge in [0.25, 0.3) is 0 Å². The number of nitrogens with two attached hydrogens (primary N) is 2. The Kier molecular flexibility index (Phi) is 25.6. The number of likely N-dealkylation sites (tertiary alicyclic amines) is 1. The first kappa shape index (κ1) is 63.5. The molecule has 0 aliphatic carbocycles. The predicted octanol–water partition coefficient (Wildman–Crippen LogP) is -1.99. The third-order valence-corrected chi connectivity index (χ3v) is 13.1. The van der Waals surface area contributed by atoms with Gasteiger partial charge in [-0.3, -0.25) is 47.9 Å². The highest BCUT2D eigenvalue weighted by Crippen LogP contribution is 2.21. The van der Waals surface area contributed by atoms with Gasteiger partial charge >= 0.3 is 5.97 Å². The van der Waals surface area contributed by atoms with E-state index in [9.17, 15) is 63.0 Å². The van der Waals surface area contributed by atoms with Crippen molar-refractivity contribution in [2.24, 2.45) is 29.2 Å². The maximum Gasteiger partial charge on any atom is 0.328 e. The van der Waals surface area contributed by atoms with E-state index in [0.717, 1.165) is 10.9 Å². The van der Waals surface area contributed by atoms with E-state index in [1.54, 1.807) is 32.4 Å². The molecule has 9 atom stereocenters. The first-order valence-corrected chi connectivity index (χ1v) is 26.8. The van der Waals surface area contributed by atoms with Crippen LogP contribution in [0.4, 0.5) is 0 Å². The molecule has 422 valence electrons. The Morgan fingerprint density at radius 1 is 0.724 bits per heavy atom. The molecule has 0 unspecified atom stereocenters. The minimum atomic E-state index is -1.64. The number of primary amides is 1. The van der Waals surface area contributed by atoms with Gasteiger partial charge in [-0.2, -0.15) is 11.8 Å². The molecule has 1 fully saturated rings. The van der Waals surface area contributed by atoms with Gasteiger partial charge < -0.3 is 74.1 Å². The lowest BCUT2D eigenvalue weighted by Crippen LogP contribution is -2.59. The molecular formula is C50H78N12O13S. The number of carboxylic acids is 1. The van der Waals surface area contributed by atoms with Gasteiger partial charge in [0.1, 0.15) is 48.3 Å². The lowest BCUT2D eigenvalue weighted by Gasteiger charge is -2.28. The first-order chi connectivity index (χ1) is 35.8. The molecule has 1 aromatic heterocycles. The largest absolute Gasteiger partial charge is 0.480 e. The molecule has 3 rings (SSSR count). The Labute approximate surface area is 446 Å². The third kappa shape index (κ3) is 19.7. The van der Waals surface area contributed by atoms with E-state index >= 15 is 0 Å². The fraction of sp³-hybridized carbons (Fsp3) is 0.620. The highest BCUT2D eigenvalue weighted by molar-refractivity contribution is 7.98. The van der Waals surface area contributed by atoms with E-state index in [1.807, 2.05) is 45.9 Å². The number of aliphatic carboxylic acids is 1. The molecule has 76 heavy (non-hydrogen) atoms. The highest BCUT2D eigenvalue weighted by atomic mass is 32.2. The molecule has 15 N–H and O–H groups in total. The second-order valence-corrected chi connectivity index (χ2v) is 21.1. The summed E-state index contributed by atoms with van der Waals surface area (Å²) in [6.07, 6.45) is 3.87. The number of hydrogen-bond acceptors (Lipinski definition) is 14. The Balaban J connectivity index is 1.75. The molecule has 0 spiro atoms. The van der Waals surface area contributed by atoms with Crippen LogP contribution in [0.2, 0.25) is 0 Å². The number of rotatable bonds is 31. The van der Waals surface area contributed by atoms with Crippen LogP contribution in [0.5, 0.6) is 0 Å². The van der Waals surface area contributed by atoms with E-state index in [-0.39, 0.29) is 44.1 Å². The topological polar surface area (TPSA) is 396 Å².